The van der Waals surface area contributed by atoms with E-state index in [1.54, 1.807) is 0 Å². The van der Waals surface area contributed by atoms with E-state index in [1.165, 1.54) is 71.0 Å². The predicted octanol–water partition coefficient (Wildman–Crippen LogP) is 15.7. The van der Waals surface area contributed by atoms with Crippen molar-refractivity contribution in [3.8, 4) is 45.5 Å². The first-order valence-corrected chi connectivity index (χ1v) is 23.2. The van der Waals surface area contributed by atoms with Gasteiger partial charge in [-0.05, 0) is 122 Å². The fourth-order valence-electron chi connectivity index (χ4n) is 11.0. The number of nitrogens with zero attached hydrogens (tertiary/aromatic N) is 5. The molecule has 0 fully saturated rings. The van der Waals surface area contributed by atoms with Gasteiger partial charge in [0, 0.05) is 38.4 Å². The third kappa shape index (κ3) is 5.89. The first-order valence-electron chi connectivity index (χ1n) is 23.2. The standard InChI is InChI=1S/C61H47N5/c1-60(2)32-33-61(3,4)49-37-53-47(36-48(49)60)55-50(65(53)45-21-12-7-13-22-45)30-31-52-56(55)54-46-23-15-14-18-39(46)28-29-51(54)66(52)59-63-57(40-19-10-6-11-20-40)62-58(64-59)44-27-26-42-34-41(24-25-43(42)35-44)38-16-8-5-9-17-38/h5-31,34-37H,32-33H2,1-4H3. The second-order valence-corrected chi connectivity index (χ2v) is 19.5. The molecule has 0 saturated heterocycles. The molecule has 1 aliphatic rings. The molecule has 1 aliphatic carbocycles. The van der Waals surface area contributed by atoms with Gasteiger partial charge in [-0.25, -0.2) is 4.98 Å². The number of rotatable bonds is 5. The Morgan fingerprint density at radius 3 is 1.59 bits per heavy atom. The molecule has 0 aliphatic heterocycles. The molecule has 0 saturated carbocycles. The number of benzene rings is 9. The van der Waals surface area contributed by atoms with Crippen molar-refractivity contribution in [3.05, 3.63) is 199 Å². The highest BCUT2D eigenvalue weighted by atomic mass is 15.2. The van der Waals surface area contributed by atoms with Gasteiger partial charge in [0.1, 0.15) is 0 Å². The molecule has 0 amide bonds. The largest absolute Gasteiger partial charge is 0.309 e. The Hall–Kier alpha value is -7.89. The van der Waals surface area contributed by atoms with Gasteiger partial charge in [0.05, 0.1) is 22.1 Å². The molecule has 13 rings (SSSR count). The average Bonchev–Trinajstić information content (AvgIpc) is 3.88. The number of fused-ring (bicyclic) bond motifs is 11. The second-order valence-electron chi connectivity index (χ2n) is 19.5. The Labute approximate surface area is 383 Å². The lowest BCUT2D eigenvalue weighted by Crippen LogP contribution is -2.33. The van der Waals surface area contributed by atoms with E-state index in [2.05, 4.69) is 207 Å². The van der Waals surface area contributed by atoms with Crippen LogP contribution in [0.25, 0.3) is 111 Å². The van der Waals surface area contributed by atoms with Crippen molar-refractivity contribution in [2.75, 3.05) is 0 Å². The average molecular weight is 850 g/mol. The summed E-state index contributed by atoms with van der Waals surface area (Å²) in [5.41, 5.74) is 12.9. The quantitative estimate of drug-likeness (QED) is 0.173. The van der Waals surface area contributed by atoms with Crippen LogP contribution >= 0.6 is 0 Å². The van der Waals surface area contributed by atoms with Crippen molar-refractivity contribution >= 4 is 65.2 Å². The maximum absolute atomic E-state index is 5.45. The van der Waals surface area contributed by atoms with Crippen LogP contribution in [-0.2, 0) is 10.8 Å². The van der Waals surface area contributed by atoms with Gasteiger partial charge in [-0.1, -0.05) is 161 Å². The molecular weight excluding hydrogens is 803 g/mol. The summed E-state index contributed by atoms with van der Waals surface area (Å²) in [6.07, 6.45) is 2.30. The van der Waals surface area contributed by atoms with Crippen LogP contribution in [-0.4, -0.2) is 24.1 Å². The molecule has 0 unspecified atom stereocenters. The van der Waals surface area contributed by atoms with Crippen LogP contribution in [0.5, 0.6) is 0 Å². The van der Waals surface area contributed by atoms with E-state index in [9.17, 15) is 0 Å². The van der Waals surface area contributed by atoms with Crippen LogP contribution in [0.2, 0.25) is 0 Å². The van der Waals surface area contributed by atoms with E-state index in [-0.39, 0.29) is 10.8 Å². The van der Waals surface area contributed by atoms with Gasteiger partial charge in [-0.15, -0.1) is 0 Å². The third-order valence-electron chi connectivity index (χ3n) is 14.6. The normalized spacial score (nSPS) is 14.5. The summed E-state index contributed by atoms with van der Waals surface area (Å²) in [4.78, 5) is 16.1. The van der Waals surface area contributed by atoms with E-state index >= 15 is 0 Å². The first kappa shape index (κ1) is 38.6. The van der Waals surface area contributed by atoms with E-state index in [0.29, 0.717) is 17.6 Å². The summed E-state index contributed by atoms with van der Waals surface area (Å²) >= 11 is 0. The van der Waals surface area contributed by atoms with Crippen LogP contribution in [0.1, 0.15) is 51.7 Å². The van der Waals surface area contributed by atoms with Crippen molar-refractivity contribution in [3.63, 3.8) is 0 Å². The molecule has 0 radical (unpaired) electrons. The Kier molecular flexibility index (Phi) is 8.36. The molecule has 66 heavy (non-hydrogen) atoms. The number of para-hydroxylation sites is 1. The molecule has 5 heteroatoms. The molecule has 316 valence electrons. The van der Waals surface area contributed by atoms with Gasteiger partial charge in [0.2, 0.25) is 5.95 Å². The van der Waals surface area contributed by atoms with Crippen LogP contribution in [0, 0.1) is 0 Å². The zero-order chi connectivity index (χ0) is 44.3. The zero-order valence-electron chi connectivity index (χ0n) is 37.5. The number of aromatic nitrogens is 5. The minimum Gasteiger partial charge on any atom is -0.309 e. The first-order chi connectivity index (χ1) is 32.2. The van der Waals surface area contributed by atoms with Crippen molar-refractivity contribution in [2.45, 2.75) is 51.4 Å². The Morgan fingerprint density at radius 2 is 0.879 bits per heavy atom. The lowest BCUT2D eigenvalue weighted by Gasteiger charge is -2.42. The molecule has 5 nitrogen and oxygen atoms in total. The SMILES string of the molecule is CC1(C)CCC(C)(C)c2cc3c(cc21)c1c2c4c5ccccc5ccc4n(-c4nc(-c5ccccc5)nc(-c5ccc6cc(-c7ccccc7)ccc6c5)n4)c2ccc1n3-c1ccccc1. The lowest BCUT2D eigenvalue weighted by atomic mass is 9.63. The van der Waals surface area contributed by atoms with E-state index in [0.717, 1.165) is 46.1 Å². The minimum absolute atomic E-state index is 0.0386. The molecule has 0 spiro atoms. The highest BCUT2D eigenvalue weighted by Crippen LogP contribution is 2.50. The molecule has 3 aromatic heterocycles. The molecule has 3 heterocycles. The van der Waals surface area contributed by atoms with E-state index in [1.807, 2.05) is 18.2 Å². The van der Waals surface area contributed by atoms with Gasteiger partial charge in [-0.3, -0.25) is 4.57 Å². The minimum atomic E-state index is 0.0386. The van der Waals surface area contributed by atoms with Crippen molar-refractivity contribution < 1.29 is 0 Å². The fraction of sp³-hybridized carbons (Fsp3) is 0.131. The summed E-state index contributed by atoms with van der Waals surface area (Å²) in [7, 11) is 0. The molecule has 0 bridgehead atoms. The van der Waals surface area contributed by atoms with Crippen LogP contribution in [0.4, 0.5) is 0 Å². The smallest absolute Gasteiger partial charge is 0.238 e. The molecule has 12 aromatic rings. The van der Waals surface area contributed by atoms with E-state index < -0.39 is 0 Å². The summed E-state index contributed by atoms with van der Waals surface area (Å²) in [5.74, 6) is 1.84. The van der Waals surface area contributed by atoms with Gasteiger partial charge in [-0.2, -0.15) is 9.97 Å². The van der Waals surface area contributed by atoms with Gasteiger partial charge in [0.15, 0.2) is 11.6 Å². The van der Waals surface area contributed by atoms with Gasteiger partial charge < -0.3 is 4.57 Å². The molecule has 9 aromatic carbocycles. The Balaban J connectivity index is 1.13. The Morgan fingerprint density at radius 1 is 0.364 bits per heavy atom. The summed E-state index contributed by atoms with van der Waals surface area (Å²) in [6.45, 7) is 9.70. The highest BCUT2D eigenvalue weighted by molar-refractivity contribution is 6.33. The zero-order valence-corrected chi connectivity index (χ0v) is 37.5. The number of hydrogen-bond acceptors (Lipinski definition) is 3. The topological polar surface area (TPSA) is 48.5 Å². The molecular formula is C61H47N5. The van der Waals surface area contributed by atoms with E-state index in [4.69, 9.17) is 15.0 Å². The van der Waals surface area contributed by atoms with Gasteiger partial charge in [0.25, 0.3) is 0 Å². The van der Waals surface area contributed by atoms with Gasteiger partial charge >= 0.3 is 0 Å². The summed E-state index contributed by atoms with van der Waals surface area (Å²) < 4.78 is 4.78. The van der Waals surface area contributed by atoms with Crippen LogP contribution in [0.3, 0.4) is 0 Å². The maximum atomic E-state index is 5.45. The maximum Gasteiger partial charge on any atom is 0.238 e. The van der Waals surface area contributed by atoms with Crippen LogP contribution in [0.15, 0.2) is 188 Å². The fourth-order valence-corrected chi connectivity index (χ4v) is 11.0. The van der Waals surface area contributed by atoms with Crippen molar-refractivity contribution in [2.24, 2.45) is 0 Å². The highest BCUT2D eigenvalue weighted by Gasteiger charge is 2.38. The third-order valence-corrected chi connectivity index (χ3v) is 14.6. The Bertz CT molecular complexity index is 3920. The number of hydrogen-bond donors (Lipinski definition) is 0. The molecule has 0 N–H and O–H groups in total. The monoisotopic (exact) mass is 849 g/mol. The van der Waals surface area contributed by atoms with Crippen LogP contribution < -0.4 is 0 Å². The van der Waals surface area contributed by atoms with Crippen molar-refractivity contribution in [1.29, 1.82) is 0 Å². The summed E-state index contributed by atoms with van der Waals surface area (Å²) in [5, 5.41) is 9.60. The lowest BCUT2D eigenvalue weighted by molar-refractivity contribution is 0.332. The molecule has 0 atom stereocenters. The summed E-state index contributed by atoms with van der Waals surface area (Å²) in [6, 6.07) is 67.9. The second kappa shape index (κ2) is 14.3. The van der Waals surface area contributed by atoms with Crippen molar-refractivity contribution in [1.82, 2.24) is 24.1 Å². The predicted molar refractivity (Wildman–Crippen MR) is 275 cm³/mol.